The van der Waals surface area contributed by atoms with Gasteiger partial charge in [-0.1, -0.05) is 22.4 Å². The highest BCUT2D eigenvalue weighted by Crippen LogP contribution is 2.32. The van der Waals surface area contributed by atoms with Crippen LogP contribution < -0.4 is 0 Å². The minimum Gasteiger partial charge on any atom is -0.343 e. The van der Waals surface area contributed by atoms with Crippen LogP contribution in [-0.4, -0.2) is 28.7 Å². The van der Waals surface area contributed by atoms with E-state index in [1.807, 2.05) is 0 Å². The van der Waals surface area contributed by atoms with E-state index in [0.29, 0.717) is 0 Å². The maximum atomic E-state index is 12.9. The zero-order chi connectivity index (χ0) is 17.4. The van der Waals surface area contributed by atoms with E-state index in [9.17, 15) is 17.2 Å². The number of nitrogens with zero attached hydrogens (tertiary/aromatic N) is 4. The molecule has 0 atom stereocenters. The molecule has 0 aliphatic rings. The zero-order valence-corrected chi connectivity index (χ0v) is 13.1. The Balaban J connectivity index is 1.93. The number of sulfone groups is 1. The van der Waals surface area contributed by atoms with Crippen LogP contribution in [0, 0.1) is 0 Å². The summed E-state index contributed by atoms with van der Waals surface area (Å²) in [6.45, 7) is 0. The van der Waals surface area contributed by atoms with Gasteiger partial charge in [0.2, 0.25) is 12.2 Å². The zero-order valence-electron chi connectivity index (χ0n) is 11.6. The van der Waals surface area contributed by atoms with E-state index in [4.69, 9.17) is 11.6 Å². The first kappa shape index (κ1) is 16.5. The minimum atomic E-state index is -3.81. The van der Waals surface area contributed by atoms with E-state index in [1.54, 1.807) is 0 Å². The summed E-state index contributed by atoms with van der Waals surface area (Å²) in [5.41, 5.74) is 0.167. The fourth-order valence-electron chi connectivity index (χ4n) is 1.79. The van der Waals surface area contributed by atoms with Gasteiger partial charge < -0.3 is 9.05 Å². The van der Waals surface area contributed by atoms with Crippen molar-refractivity contribution in [1.29, 1.82) is 0 Å². The Morgan fingerprint density at radius 2 is 2.04 bits per heavy atom. The molecule has 24 heavy (non-hydrogen) atoms. The molecule has 2 heterocycles. The molecule has 1 aromatic carbocycles. The van der Waals surface area contributed by atoms with Crippen LogP contribution in [0.1, 0.15) is 11.7 Å². The molecule has 0 bridgehead atoms. The van der Waals surface area contributed by atoms with Crippen molar-refractivity contribution in [2.24, 2.45) is 0 Å². The molecule has 0 amide bonds. The lowest BCUT2D eigenvalue weighted by atomic mass is 10.2. The topological polar surface area (TPSA) is 112 Å². The predicted molar refractivity (Wildman–Crippen MR) is 74.7 cm³/mol. The summed E-state index contributed by atoms with van der Waals surface area (Å²) in [6, 6.07) is 5.40. The van der Waals surface area contributed by atoms with Crippen LogP contribution in [-0.2, 0) is 21.0 Å². The van der Waals surface area contributed by atoms with Crippen molar-refractivity contribution in [2.75, 3.05) is 0 Å². The molecular formula is C12H7ClF2N4O4S. The van der Waals surface area contributed by atoms with Crippen LogP contribution in [0.3, 0.4) is 0 Å². The van der Waals surface area contributed by atoms with Gasteiger partial charge in [-0.05, 0) is 23.7 Å². The standard InChI is InChI=1S/C12H7ClF2N4O4S/c13-12(14,15)11-17-10(19-23-11)7-2-1-3-8(4-7)24(20,21)5-9-16-6-22-18-9/h1-4,6H,5H2. The number of hydrogen-bond donors (Lipinski definition) is 0. The molecule has 2 aromatic heterocycles. The number of aromatic nitrogens is 4. The SMILES string of the molecule is O=S(=O)(Cc1ncon1)c1cccc(-c2noc(C(F)(F)Cl)n2)c1. The van der Waals surface area contributed by atoms with Crippen molar-refractivity contribution in [3.05, 3.63) is 42.4 Å². The summed E-state index contributed by atoms with van der Waals surface area (Å²) in [7, 11) is -3.78. The normalized spacial score (nSPS) is 12.5. The molecule has 3 rings (SSSR count). The summed E-state index contributed by atoms with van der Waals surface area (Å²) in [5.74, 6) is -1.80. The average molecular weight is 377 g/mol. The van der Waals surface area contributed by atoms with Crippen LogP contribution in [0.15, 0.2) is 44.6 Å². The van der Waals surface area contributed by atoms with Gasteiger partial charge in [-0.15, -0.1) is 0 Å². The summed E-state index contributed by atoms with van der Waals surface area (Å²) < 4.78 is 59.3. The summed E-state index contributed by atoms with van der Waals surface area (Å²) >= 11 is 4.79. The number of benzene rings is 1. The van der Waals surface area contributed by atoms with Gasteiger partial charge in [-0.25, -0.2) is 8.42 Å². The van der Waals surface area contributed by atoms with Gasteiger partial charge in [0.15, 0.2) is 15.7 Å². The Morgan fingerprint density at radius 1 is 1.25 bits per heavy atom. The molecule has 3 aromatic rings. The fourth-order valence-corrected chi connectivity index (χ4v) is 3.10. The first-order valence-electron chi connectivity index (χ1n) is 6.25. The van der Waals surface area contributed by atoms with Crippen molar-refractivity contribution < 1.29 is 26.2 Å². The first-order valence-corrected chi connectivity index (χ1v) is 8.28. The number of alkyl halides is 3. The van der Waals surface area contributed by atoms with E-state index in [0.717, 1.165) is 6.39 Å². The number of halogens is 3. The van der Waals surface area contributed by atoms with Gasteiger partial charge in [0.05, 0.1) is 4.90 Å². The van der Waals surface area contributed by atoms with E-state index in [1.165, 1.54) is 24.3 Å². The molecule has 0 spiro atoms. The van der Waals surface area contributed by atoms with Gasteiger partial charge >= 0.3 is 11.3 Å². The van der Waals surface area contributed by atoms with E-state index < -0.39 is 26.9 Å². The van der Waals surface area contributed by atoms with Crippen LogP contribution in [0.5, 0.6) is 0 Å². The monoisotopic (exact) mass is 376 g/mol. The largest absolute Gasteiger partial charge is 0.400 e. The van der Waals surface area contributed by atoms with E-state index >= 15 is 0 Å². The highest BCUT2D eigenvalue weighted by atomic mass is 35.5. The molecule has 0 N–H and O–H groups in total. The van der Waals surface area contributed by atoms with Crippen LogP contribution in [0.2, 0.25) is 0 Å². The number of rotatable bonds is 5. The maximum absolute atomic E-state index is 12.9. The van der Waals surface area contributed by atoms with Gasteiger partial charge in [0.25, 0.3) is 0 Å². The van der Waals surface area contributed by atoms with Crippen molar-refractivity contribution in [3.8, 4) is 11.4 Å². The molecule has 126 valence electrons. The molecule has 12 heteroatoms. The Kier molecular flexibility index (Phi) is 4.05. The van der Waals surface area contributed by atoms with Crippen LogP contribution in [0.4, 0.5) is 8.78 Å². The van der Waals surface area contributed by atoms with E-state index in [-0.39, 0.29) is 22.1 Å². The molecule has 0 unspecified atom stereocenters. The molecule has 0 fully saturated rings. The smallest absolute Gasteiger partial charge is 0.343 e. The third-order valence-corrected chi connectivity index (χ3v) is 4.62. The molecule has 8 nitrogen and oxygen atoms in total. The summed E-state index contributed by atoms with van der Waals surface area (Å²) in [6.07, 6.45) is 1.01. The predicted octanol–water partition coefficient (Wildman–Crippen LogP) is 2.38. The van der Waals surface area contributed by atoms with E-state index in [2.05, 4.69) is 29.3 Å². The Hall–Kier alpha value is -2.40. The highest BCUT2D eigenvalue weighted by molar-refractivity contribution is 7.90. The van der Waals surface area contributed by atoms with Gasteiger partial charge in [0.1, 0.15) is 5.75 Å². The third kappa shape index (κ3) is 3.41. The minimum absolute atomic E-state index is 0.0102. The summed E-state index contributed by atoms with van der Waals surface area (Å²) in [4.78, 5) is 7.01. The highest BCUT2D eigenvalue weighted by Gasteiger charge is 2.35. The Bertz CT molecular complexity index is 954. The molecule has 0 aliphatic heterocycles. The lowest BCUT2D eigenvalue weighted by molar-refractivity contribution is 0.0551. The van der Waals surface area contributed by atoms with Gasteiger partial charge in [-0.3, -0.25) is 0 Å². The summed E-state index contributed by atoms with van der Waals surface area (Å²) in [5, 5.41) is 2.99. The second kappa shape index (κ2) is 5.91. The third-order valence-electron chi connectivity index (χ3n) is 2.85. The van der Waals surface area contributed by atoms with Crippen LogP contribution in [0.25, 0.3) is 11.4 Å². The lowest BCUT2D eigenvalue weighted by Gasteiger charge is -2.03. The van der Waals surface area contributed by atoms with Crippen molar-refractivity contribution >= 4 is 21.4 Å². The van der Waals surface area contributed by atoms with Gasteiger partial charge in [-0.2, -0.15) is 18.7 Å². The van der Waals surface area contributed by atoms with Crippen LogP contribution >= 0.6 is 11.6 Å². The van der Waals surface area contributed by atoms with Crippen molar-refractivity contribution in [1.82, 2.24) is 20.3 Å². The molecular weight excluding hydrogens is 370 g/mol. The first-order chi connectivity index (χ1) is 11.3. The van der Waals surface area contributed by atoms with Gasteiger partial charge in [0, 0.05) is 5.56 Å². The number of hydrogen-bond acceptors (Lipinski definition) is 8. The van der Waals surface area contributed by atoms with Crippen molar-refractivity contribution in [3.63, 3.8) is 0 Å². The Morgan fingerprint density at radius 3 is 2.67 bits per heavy atom. The molecule has 0 saturated heterocycles. The fraction of sp³-hybridized carbons (Fsp3) is 0.167. The average Bonchev–Trinajstić information content (AvgIpc) is 3.17. The van der Waals surface area contributed by atoms with Crippen molar-refractivity contribution in [2.45, 2.75) is 16.0 Å². The second-order valence-electron chi connectivity index (χ2n) is 4.56. The molecule has 0 aliphatic carbocycles. The quantitative estimate of drug-likeness (QED) is 0.624. The lowest BCUT2D eigenvalue weighted by Crippen LogP contribution is -2.06. The second-order valence-corrected chi connectivity index (χ2v) is 7.02. The molecule has 0 saturated carbocycles. The Labute approximate surface area is 138 Å². The maximum Gasteiger partial charge on any atom is 0.400 e. The molecule has 0 radical (unpaired) electrons.